The zero-order chi connectivity index (χ0) is 16.8. The van der Waals surface area contributed by atoms with Crippen LogP contribution in [-0.2, 0) is 9.59 Å². The maximum Gasteiger partial charge on any atom is 0.237 e. The maximum atomic E-state index is 12.5. The van der Waals surface area contributed by atoms with Gasteiger partial charge in [-0.05, 0) is 32.8 Å². The number of nitrogens with zero attached hydrogens (tertiary/aromatic N) is 1. The molecule has 0 spiro atoms. The zero-order valence-electron chi connectivity index (χ0n) is 14.3. The Morgan fingerprint density at radius 2 is 1.82 bits per heavy atom. The quantitative estimate of drug-likeness (QED) is 0.787. The number of amides is 2. The van der Waals surface area contributed by atoms with E-state index in [0.717, 1.165) is 18.4 Å². The van der Waals surface area contributed by atoms with Crippen molar-refractivity contribution in [3.63, 3.8) is 0 Å². The standard InChI is InChI=1S/C18H28N2O2/c1-6-7-13-20(5)17(22)18(3,4)16(21)19-14(2)15-11-9-8-10-12-15/h8-12,14H,6-7,13H2,1-5H3,(H,19,21). The Labute approximate surface area is 133 Å². The molecule has 0 aromatic heterocycles. The Hall–Kier alpha value is -1.84. The molecule has 0 saturated heterocycles. The molecule has 0 radical (unpaired) electrons. The van der Waals surface area contributed by atoms with Crippen molar-refractivity contribution < 1.29 is 9.59 Å². The molecule has 0 aliphatic carbocycles. The second-order valence-electron chi connectivity index (χ2n) is 6.31. The van der Waals surface area contributed by atoms with E-state index in [0.29, 0.717) is 6.54 Å². The Kier molecular flexibility index (Phi) is 6.60. The summed E-state index contributed by atoms with van der Waals surface area (Å²) in [6.07, 6.45) is 1.97. The van der Waals surface area contributed by atoms with Gasteiger partial charge in [0.05, 0.1) is 6.04 Å². The van der Waals surface area contributed by atoms with Gasteiger partial charge in [-0.15, -0.1) is 0 Å². The van der Waals surface area contributed by atoms with Crippen molar-refractivity contribution in [3.8, 4) is 0 Å². The van der Waals surface area contributed by atoms with E-state index in [2.05, 4.69) is 12.2 Å². The van der Waals surface area contributed by atoms with Crippen LogP contribution >= 0.6 is 0 Å². The number of hydrogen-bond acceptors (Lipinski definition) is 2. The van der Waals surface area contributed by atoms with E-state index in [1.165, 1.54) is 0 Å². The average molecular weight is 304 g/mol. The number of benzene rings is 1. The summed E-state index contributed by atoms with van der Waals surface area (Å²) in [5.41, 5.74) is -0.0376. The van der Waals surface area contributed by atoms with Crippen LogP contribution in [0.2, 0.25) is 0 Å². The van der Waals surface area contributed by atoms with Gasteiger partial charge in [-0.2, -0.15) is 0 Å². The summed E-state index contributed by atoms with van der Waals surface area (Å²) in [6, 6.07) is 9.62. The third kappa shape index (κ3) is 4.58. The van der Waals surface area contributed by atoms with Gasteiger partial charge < -0.3 is 10.2 Å². The smallest absolute Gasteiger partial charge is 0.237 e. The highest BCUT2D eigenvalue weighted by atomic mass is 16.2. The fraction of sp³-hybridized carbons (Fsp3) is 0.556. The molecule has 0 aliphatic heterocycles. The van der Waals surface area contributed by atoms with Gasteiger partial charge in [-0.1, -0.05) is 43.7 Å². The largest absolute Gasteiger partial charge is 0.349 e. The minimum absolute atomic E-state index is 0.123. The third-order valence-corrected chi connectivity index (χ3v) is 3.94. The molecule has 0 fully saturated rings. The predicted molar refractivity (Wildman–Crippen MR) is 89.3 cm³/mol. The van der Waals surface area contributed by atoms with Gasteiger partial charge in [0.1, 0.15) is 5.41 Å². The number of carbonyl (C=O) groups is 2. The topological polar surface area (TPSA) is 49.4 Å². The number of rotatable bonds is 7. The summed E-state index contributed by atoms with van der Waals surface area (Å²) < 4.78 is 0. The van der Waals surface area contributed by atoms with Gasteiger partial charge >= 0.3 is 0 Å². The molecule has 122 valence electrons. The van der Waals surface area contributed by atoms with Crippen LogP contribution in [-0.4, -0.2) is 30.3 Å². The Morgan fingerprint density at radius 3 is 2.36 bits per heavy atom. The minimum atomic E-state index is -1.06. The van der Waals surface area contributed by atoms with E-state index in [9.17, 15) is 9.59 Å². The highest BCUT2D eigenvalue weighted by molar-refractivity contribution is 6.04. The van der Waals surface area contributed by atoms with Crippen LogP contribution in [0.25, 0.3) is 0 Å². The van der Waals surface area contributed by atoms with Crippen molar-refractivity contribution in [2.24, 2.45) is 5.41 Å². The van der Waals surface area contributed by atoms with Crippen molar-refractivity contribution in [3.05, 3.63) is 35.9 Å². The van der Waals surface area contributed by atoms with Gasteiger partial charge in [0.2, 0.25) is 11.8 Å². The fourth-order valence-corrected chi connectivity index (χ4v) is 2.27. The lowest BCUT2D eigenvalue weighted by molar-refractivity contribution is -0.147. The Morgan fingerprint density at radius 1 is 1.23 bits per heavy atom. The zero-order valence-corrected chi connectivity index (χ0v) is 14.3. The molecule has 1 aromatic carbocycles. The fourth-order valence-electron chi connectivity index (χ4n) is 2.27. The maximum absolute atomic E-state index is 12.5. The first-order valence-electron chi connectivity index (χ1n) is 7.92. The highest BCUT2D eigenvalue weighted by Gasteiger charge is 2.38. The summed E-state index contributed by atoms with van der Waals surface area (Å²) in [7, 11) is 1.76. The van der Waals surface area contributed by atoms with Gasteiger partial charge in [0.25, 0.3) is 0 Å². The van der Waals surface area contributed by atoms with Gasteiger partial charge in [-0.3, -0.25) is 9.59 Å². The number of carbonyl (C=O) groups excluding carboxylic acids is 2. The molecular weight excluding hydrogens is 276 g/mol. The van der Waals surface area contributed by atoms with Crippen LogP contribution in [0, 0.1) is 5.41 Å². The summed E-state index contributed by atoms with van der Waals surface area (Å²) in [5.74, 6) is -0.379. The lowest BCUT2D eigenvalue weighted by Crippen LogP contribution is -2.49. The highest BCUT2D eigenvalue weighted by Crippen LogP contribution is 2.21. The van der Waals surface area contributed by atoms with Crippen molar-refractivity contribution >= 4 is 11.8 Å². The molecule has 0 aliphatic rings. The van der Waals surface area contributed by atoms with Gasteiger partial charge in [0.15, 0.2) is 0 Å². The third-order valence-electron chi connectivity index (χ3n) is 3.94. The molecule has 1 rings (SSSR count). The van der Waals surface area contributed by atoms with E-state index in [1.807, 2.05) is 37.3 Å². The van der Waals surface area contributed by atoms with E-state index >= 15 is 0 Å². The van der Waals surface area contributed by atoms with Crippen LogP contribution in [0.1, 0.15) is 52.1 Å². The molecule has 2 amide bonds. The van der Waals surface area contributed by atoms with E-state index in [-0.39, 0.29) is 17.9 Å². The Bertz CT molecular complexity index is 497. The molecule has 1 N–H and O–H groups in total. The molecular formula is C18H28N2O2. The van der Waals surface area contributed by atoms with Crippen LogP contribution in [0.3, 0.4) is 0 Å². The molecule has 1 aromatic rings. The molecule has 4 nitrogen and oxygen atoms in total. The van der Waals surface area contributed by atoms with Crippen LogP contribution in [0.4, 0.5) is 0 Å². The summed E-state index contributed by atoms with van der Waals surface area (Å²) in [6.45, 7) is 8.06. The number of hydrogen-bond donors (Lipinski definition) is 1. The van der Waals surface area contributed by atoms with E-state index in [1.54, 1.807) is 25.8 Å². The van der Waals surface area contributed by atoms with Crippen LogP contribution in [0.5, 0.6) is 0 Å². The predicted octanol–water partition coefficient (Wildman–Crippen LogP) is 3.15. The first kappa shape index (κ1) is 18.2. The molecule has 1 atom stereocenters. The first-order valence-corrected chi connectivity index (χ1v) is 7.92. The normalized spacial score (nSPS) is 12.6. The molecule has 4 heteroatoms. The second kappa shape index (κ2) is 7.97. The summed E-state index contributed by atoms with van der Waals surface area (Å²) >= 11 is 0. The minimum Gasteiger partial charge on any atom is -0.349 e. The monoisotopic (exact) mass is 304 g/mol. The SMILES string of the molecule is CCCCN(C)C(=O)C(C)(C)C(=O)NC(C)c1ccccc1. The van der Waals surface area contributed by atoms with Crippen molar-refractivity contribution in [1.82, 2.24) is 10.2 Å². The molecule has 0 heterocycles. The van der Waals surface area contributed by atoms with Crippen LogP contribution < -0.4 is 5.32 Å². The second-order valence-corrected chi connectivity index (χ2v) is 6.31. The molecule has 22 heavy (non-hydrogen) atoms. The lowest BCUT2D eigenvalue weighted by Gasteiger charge is -2.29. The van der Waals surface area contributed by atoms with Gasteiger partial charge in [0, 0.05) is 13.6 Å². The Balaban J connectivity index is 2.71. The first-order chi connectivity index (χ1) is 10.3. The average Bonchev–Trinajstić information content (AvgIpc) is 2.52. The number of unbranched alkanes of at least 4 members (excludes halogenated alkanes) is 1. The molecule has 0 saturated carbocycles. The molecule has 0 bridgehead atoms. The molecule has 1 unspecified atom stereocenters. The van der Waals surface area contributed by atoms with Crippen molar-refractivity contribution in [2.45, 2.75) is 46.6 Å². The summed E-state index contributed by atoms with van der Waals surface area (Å²) in [4.78, 5) is 26.7. The van der Waals surface area contributed by atoms with E-state index < -0.39 is 5.41 Å². The van der Waals surface area contributed by atoms with Crippen molar-refractivity contribution in [1.29, 1.82) is 0 Å². The van der Waals surface area contributed by atoms with E-state index in [4.69, 9.17) is 0 Å². The number of nitrogens with one attached hydrogen (secondary N) is 1. The lowest BCUT2D eigenvalue weighted by atomic mass is 9.89. The van der Waals surface area contributed by atoms with Crippen molar-refractivity contribution in [2.75, 3.05) is 13.6 Å². The van der Waals surface area contributed by atoms with Gasteiger partial charge in [-0.25, -0.2) is 0 Å². The van der Waals surface area contributed by atoms with Crippen LogP contribution in [0.15, 0.2) is 30.3 Å². The summed E-state index contributed by atoms with van der Waals surface area (Å²) in [5, 5.41) is 2.94.